The van der Waals surface area contributed by atoms with E-state index in [9.17, 15) is 17.6 Å². The summed E-state index contributed by atoms with van der Waals surface area (Å²) in [7, 11) is 0. The minimum Gasteiger partial charge on any atom is -0.331 e. The molecule has 1 atom stereocenters. The van der Waals surface area contributed by atoms with Gasteiger partial charge in [0.15, 0.2) is 5.62 Å². The summed E-state index contributed by atoms with van der Waals surface area (Å²) in [5.41, 5.74) is -2.82. The predicted molar refractivity (Wildman–Crippen MR) is 47.6 cm³/mol. The monoisotopic (exact) mass is 258 g/mol. The third-order valence-electron chi connectivity index (χ3n) is 1.15. The van der Waals surface area contributed by atoms with Crippen molar-refractivity contribution in [3.63, 3.8) is 0 Å². The van der Waals surface area contributed by atoms with Crippen molar-refractivity contribution in [3.05, 3.63) is 0 Å². The zero-order valence-corrected chi connectivity index (χ0v) is 9.11. The molecule has 1 nitrogen and oxygen atoms in total. The van der Waals surface area contributed by atoms with Crippen LogP contribution in [0.4, 0.5) is 17.6 Å². The summed E-state index contributed by atoms with van der Waals surface area (Å²) >= 11 is 10.0. The van der Waals surface area contributed by atoms with Gasteiger partial charge in [0.25, 0.3) is 0 Å². The molecule has 0 saturated heterocycles. The van der Waals surface area contributed by atoms with Crippen LogP contribution >= 0.6 is 16.9 Å². The molecule has 0 heterocycles. The minimum absolute atomic E-state index is 0.184. The lowest BCUT2D eigenvalue weighted by atomic mass is 10.4. The fourth-order valence-corrected chi connectivity index (χ4v) is 1.19. The molecule has 0 rings (SSSR count). The molecule has 0 saturated carbocycles. The SMILES string of the molecule is CCP(=S)(Cl)OCC(F)(F)C(F)F. The maximum atomic E-state index is 12.3. The van der Waals surface area contributed by atoms with E-state index in [1.165, 1.54) is 0 Å². The van der Waals surface area contributed by atoms with Gasteiger partial charge in [-0.05, 0) is 0 Å². The smallest absolute Gasteiger partial charge is 0.330 e. The van der Waals surface area contributed by atoms with Crippen LogP contribution in [-0.4, -0.2) is 25.1 Å². The van der Waals surface area contributed by atoms with E-state index < -0.39 is 24.6 Å². The van der Waals surface area contributed by atoms with Gasteiger partial charge in [0.2, 0.25) is 0 Å². The van der Waals surface area contributed by atoms with Crippen molar-refractivity contribution in [2.75, 3.05) is 12.8 Å². The molecule has 0 aliphatic rings. The van der Waals surface area contributed by atoms with Gasteiger partial charge in [0, 0.05) is 6.16 Å². The quantitative estimate of drug-likeness (QED) is 0.552. The molecule has 0 aliphatic carbocycles. The molecule has 0 aromatic carbocycles. The van der Waals surface area contributed by atoms with Crippen LogP contribution in [0.1, 0.15) is 6.92 Å². The van der Waals surface area contributed by atoms with E-state index in [2.05, 4.69) is 16.3 Å². The van der Waals surface area contributed by atoms with E-state index in [0.29, 0.717) is 0 Å². The Morgan fingerprint density at radius 2 is 2.00 bits per heavy atom. The molecular formula is C5H8ClF4OPS. The first-order chi connectivity index (χ1) is 5.71. The van der Waals surface area contributed by atoms with Crippen LogP contribution in [0, 0.1) is 0 Å². The highest BCUT2D eigenvalue weighted by Gasteiger charge is 2.42. The summed E-state index contributed by atoms with van der Waals surface area (Å²) < 4.78 is 52.1. The molecule has 0 fully saturated rings. The number of halogens is 5. The van der Waals surface area contributed by atoms with Crippen molar-refractivity contribution in [2.45, 2.75) is 19.3 Å². The summed E-state index contributed by atoms with van der Waals surface area (Å²) in [6, 6.07) is 0. The molecule has 0 bridgehead atoms. The fraction of sp³-hybridized carbons (Fsp3) is 1.00. The Morgan fingerprint density at radius 1 is 1.54 bits per heavy atom. The Labute approximate surface area is 83.3 Å². The maximum Gasteiger partial charge on any atom is 0.330 e. The topological polar surface area (TPSA) is 9.23 Å². The van der Waals surface area contributed by atoms with Gasteiger partial charge in [0.1, 0.15) is 6.61 Å². The summed E-state index contributed by atoms with van der Waals surface area (Å²) in [5, 5.41) is 0. The summed E-state index contributed by atoms with van der Waals surface area (Å²) in [5.74, 6) is -4.17. The number of alkyl halides is 4. The summed E-state index contributed by atoms with van der Waals surface area (Å²) in [6.45, 7) is 0.133. The lowest BCUT2D eigenvalue weighted by Gasteiger charge is -2.18. The third kappa shape index (κ3) is 5.15. The Bertz CT molecular complexity index is 213. The molecule has 0 aromatic heterocycles. The van der Waals surface area contributed by atoms with Gasteiger partial charge >= 0.3 is 12.3 Å². The highest BCUT2D eigenvalue weighted by Crippen LogP contribution is 2.53. The van der Waals surface area contributed by atoms with Gasteiger partial charge in [-0.1, -0.05) is 30.0 Å². The molecule has 0 aromatic rings. The Balaban J connectivity index is 4.10. The Kier molecular flexibility index (Phi) is 5.15. The average Bonchev–Trinajstić information content (AvgIpc) is 2.01. The third-order valence-corrected chi connectivity index (χ3v) is 4.52. The predicted octanol–water partition coefficient (Wildman–Crippen LogP) is 3.47. The van der Waals surface area contributed by atoms with E-state index in [4.69, 9.17) is 11.2 Å². The second-order valence-corrected chi connectivity index (χ2v) is 8.32. The molecule has 0 radical (unpaired) electrons. The number of hydrogen-bond donors (Lipinski definition) is 0. The van der Waals surface area contributed by atoms with Crippen LogP contribution in [0.15, 0.2) is 0 Å². The molecule has 13 heavy (non-hydrogen) atoms. The van der Waals surface area contributed by atoms with Crippen molar-refractivity contribution in [1.29, 1.82) is 0 Å². The van der Waals surface area contributed by atoms with Crippen molar-refractivity contribution in [1.82, 2.24) is 0 Å². The molecule has 0 spiro atoms. The van der Waals surface area contributed by atoms with Crippen molar-refractivity contribution < 1.29 is 22.1 Å². The van der Waals surface area contributed by atoms with Gasteiger partial charge in [-0.2, -0.15) is 8.78 Å². The summed E-state index contributed by atoms with van der Waals surface area (Å²) in [4.78, 5) is 0. The molecular weight excluding hydrogens is 251 g/mol. The molecule has 8 heteroatoms. The summed E-state index contributed by atoms with van der Waals surface area (Å²) in [6.07, 6.45) is -3.57. The van der Waals surface area contributed by atoms with Crippen molar-refractivity contribution >= 4 is 28.7 Å². The first-order valence-corrected chi connectivity index (χ1v) is 7.11. The Morgan fingerprint density at radius 3 is 2.31 bits per heavy atom. The second-order valence-electron chi connectivity index (χ2n) is 2.24. The van der Waals surface area contributed by atoms with Crippen LogP contribution in [0.3, 0.4) is 0 Å². The molecule has 80 valence electrons. The van der Waals surface area contributed by atoms with Crippen LogP contribution in [-0.2, 0) is 16.3 Å². The van der Waals surface area contributed by atoms with E-state index in [0.717, 1.165) is 0 Å². The maximum absolute atomic E-state index is 12.3. The number of rotatable bonds is 5. The van der Waals surface area contributed by atoms with Gasteiger partial charge in [-0.3, -0.25) is 0 Å². The van der Waals surface area contributed by atoms with Crippen LogP contribution in [0.25, 0.3) is 0 Å². The molecule has 0 aliphatic heterocycles. The van der Waals surface area contributed by atoms with Gasteiger partial charge < -0.3 is 4.52 Å². The van der Waals surface area contributed by atoms with Crippen LogP contribution in [0.2, 0.25) is 0 Å². The van der Waals surface area contributed by atoms with Crippen LogP contribution in [0.5, 0.6) is 0 Å². The van der Waals surface area contributed by atoms with Gasteiger partial charge in [-0.15, -0.1) is 0 Å². The van der Waals surface area contributed by atoms with Crippen molar-refractivity contribution in [2.24, 2.45) is 0 Å². The number of hydrogen-bond acceptors (Lipinski definition) is 2. The van der Waals surface area contributed by atoms with E-state index >= 15 is 0 Å². The first kappa shape index (κ1) is 13.6. The highest BCUT2D eigenvalue weighted by molar-refractivity contribution is 8.24. The molecule has 1 unspecified atom stereocenters. The zero-order valence-electron chi connectivity index (χ0n) is 6.65. The van der Waals surface area contributed by atoms with Gasteiger partial charge in [0.05, 0.1) is 0 Å². The first-order valence-electron chi connectivity index (χ1n) is 3.30. The van der Waals surface area contributed by atoms with E-state index in [-0.39, 0.29) is 6.16 Å². The fourth-order valence-electron chi connectivity index (χ4n) is 0.337. The van der Waals surface area contributed by atoms with E-state index in [1.807, 2.05) is 0 Å². The van der Waals surface area contributed by atoms with E-state index in [1.54, 1.807) is 6.92 Å². The van der Waals surface area contributed by atoms with Gasteiger partial charge in [-0.25, -0.2) is 8.78 Å². The van der Waals surface area contributed by atoms with Crippen molar-refractivity contribution in [3.8, 4) is 0 Å². The molecule has 0 N–H and O–H groups in total. The minimum atomic E-state index is -4.17. The highest BCUT2D eigenvalue weighted by atomic mass is 35.7. The Hall–Kier alpha value is 0.620. The zero-order chi connectivity index (χ0) is 10.7. The average molecular weight is 259 g/mol. The standard InChI is InChI=1S/C5H8ClF4OPS/c1-2-12(6,13)11-3-5(9,10)4(7)8/h4H,2-3H2,1H3. The lowest BCUT2D eigenvalue weighted by molar-refractivity contribution is -0.146. The normalized spacial score (nSPS) is 17.5. The largest absolute Gasteiger partial charge is 0.331 e. The van der Waals surface area contributed by atoms with Crippen LogP contribution < -0.4 is 0 Å². The molecule has 0 amide bonds. The second kappa shape index (κ2) is 4.91. The lowest BCUT2D eigenvalue weighted by Crippen LogP contribution is -2.31.